The number of fused-ring (bicyclic) bond motifs is 2. The first-order chi connectivity index (χ1) is 6.83. The third kappa shape index (κ3) is 1.98. The first-order valence-corrected chi connectivity index (χ1v) is 5.52. The second-order valence-corrected chi connectivity index (χ2v) is 4.52. The van der Waals surface area contributed by atoms with Crippen LogP contribution < -0.4 is 10.6 Å². The van der Waals surface area contributed by atoms with E-state index in [1.807, 2.05) is 0 Å². The SMILES string of the molecule is Cl.O=C(NC1CC2CCC1O2)[C@H]1CCN1. The van der Waals surface area contributed by atoms with Crippen molar-refractivity contribution in [2.45, 2.75) is 50.0 Å². The third-order valence-corrected chi connectivity index (χ3v) is 3.57. The number of ether oxygens (including phenoxy) is 1. The number of nitrogens with one attached hydrogen (secondary N) is 2. The van der Waals surface area contributed by atoms with Crippen LogP contribution in [0.3, 0.4) is 0 Å². The van der Waals surface area contributed by atoms with Crippen LogP contribution in [0.2, 0.25) is 0 Å². The van der Waals surface area contributed by atoms with E-state index in [-0.39, 0.29) is 30.4 Å². The predicted octanol–water partition coefficient (Wildman–Crippen LogP) is 0.206. The van der Waals surface area contributed by atoms with Gasteiger partial charge in [0, 0.05) is 0 Å². The van der Waals surface area contributed by atoms with Gasteiger partial charge in [-0.25, -0.2) is 0 Å². The van der Waals surface area contributed by atoms with Crippen LogP contribution in [0.1, 0.15) is 25.7 Å². The van der Waals surface area contributed by atoms with Crippen molar-refractivity contribution in [3.63, 3.8) is 0 Å². The number of hydrogen-bond donors (Lipinski definition) is 2. The smallest absolute Gasteiger partial charge is 0.237 e. The summed E-state index contributed by atoms with van der Waals surface area (Å²) in [5.41, 5.74) is 0. The van der Waals surface area contributed by atoms with E-state index in [0.29, 0.717) is 12.2 Å². The van der Waals surface area contributed by atoms with E-state index < -0.39 is 0 Å². The normalized spacial score (nSPS) is 41.9. The van der Waals surface area contributed by atoms with Crippen LogP contribution in [-0.2, 0) is 9.53 Å². The summed E-state index contributed by atoms with van der Waals surface area (Å²) in [4.78, 5) is 11.6. The summed E-state index contributed by atoms with van der Waals surface area (Å²) in [5.74, 6) is 0.164. The monoisotopic (exact) mass is 232 g/mol. The molecule has 0 radical (unpaired) electrons. The Labute approximate surface area is 95.5 Å². The van der Waals surface area contributed by atoms with E-state index in [1.165, 1.54) is 6.42 Å². The molecule has 4 atom stereocenters. The van der Waals surface area contributed by atoms with Crippen LogP contribution in [0, 0.1) is 0 Å². The highest BCUT2D eigenvalue weighted by Crippen LogP contribution is 2.34. The van der Waals surface area contributed by atoms with Gasteiger partial charge in [0.25, 0.3) is 0 Å². The highest BCUT2D eigenvalue weighted by atomic mass is 35.5. The Morgan fingerprint density at radius 3 is 2.60 bits per heavy atom. The van der Waals surface area contributed by atoms with E-state index in [9.17, 15) is 4.79 Å². The molecule has 86 valence electrons. The van der Waals surface area contributed by atoms with Crippen molar-refractivity contribution < 1.29 is 9.53 Å². The summed E-state index contributed by atoms with van der Waals surface area (Å²) in [7, 11) is 0. The number of halogens is 1. The van der Waals surface area contributed by atoms with E-state index in [4.69, 9.17) is 4.74 Å². The van der Waals surface area contributed by atoms with Gasteiger partial charge in [-0.1, -0.05) is 0 Å². The Kier molecular flexibility index (Phi) is 3.19. The number of carbonyl (C=O) groups excluding carboxylic acids is 1. The number of amides is 1. The summed E-state index contributed by atoms with van der Waals surface area (Å²) < 4.78 is 5.68. The molecule has 0 aromatic rings. The molecule has 3 aliphatic rings. The van der Waals surface area contributed by atoms with E-state index in [0.717, 1.165) is 25.8 Å². The molecular formula is C10H17ClN2O2. The quantitative estimate of drug-likeness (QED) is 0.716. The van der Waals surface area contributed by atoms with Gasteiger partial charge in [0.2, 0.25) is 5.91 Å². The Bertz CT molecular complexity index is 258. The molecule has 2 bridgehead atoms. The first-order valence-electron chi connectivity index (χ1n) is 5.52. The van der Waals surface area contributed by atoms with E-state index in [2.05, 4.69) is 10.6 Å². The molecule has 3 fully saturated rings. The van der Waals surface area contributed by atoms with Crippen LogP contribution in [0.15, 0.2) is 0 Å². The van der Waals surface area contributed by atoms with Crippen molar-refractivity contribution in [2.24, 2.45) is 0 Å². The second kappa shape index (κ2) is 4.28. The fourth-order valence-electron chi connectivity index (χ4n) is 2.59. The standard InChI is InChI=1S/C10H16N2O2.ClH/c13-10(7-3-4-11-7)12-8-5-6-1-2-9(8)14-6;/h6-9,11H,1-5H2,(H,12,13);1H/t6?,7-,8?,9?;/m1./s1. The molecule has 5 heteroatoms. The van der Waals surface area contributed by atoms with Gasteiger partial charge in [-0.05, 0) is 32.2 Å². The maximum absolute atomic E-state index is 11.6. The minimum Gasteiger partial charge on any atom is -0.373 e. The molecule has 4 nitrogen and oxygen atoms in total. The summed E-state index contributed by atoms with van der Waals surface area (Å²) in [6.07, 6.45) is 5.01. The average Bonchev–Trinajstić information content (AvgIpc) is 2.60. The molecule has 3 heterocycles. The fraction of sp³-hybridized carbons (Fsp3) is 0.900. The summed E-state index contributed by atoms with van der Waals surface area (Å²) in [5, 5.41) is 6.20. The molecule has 0 aromatic carbocycles. The van der Waals surface area contributed by atoms with Gasteiger partial charge < -0.3 is 15.4 Å². The largest absolute Gasteiger partial charge is 0.373 e. The molecule has 3 aliphatic heterocycles. The topological polar surface area (TPSA) is 50.4 Å². The minimum atomic E-state index is 0. The van der Waals surface area contributed by atoms with E-state index in [1.54, 1.807) is 0 Å². The molecule has 3 rings (SSSR count). The maximum Gasteiger partial charge on any atom is 0.237 e. The number of rotatable bonds is 2. The molecule has 3 unspecified atom stereocenters. The van der Waals surface area contributed by atoms with Gasteiger partial charge >= 0.3 is 0 Å². The number of carbonyl (C=O) groups is 1. The molecule has 3 saturated heterocycles. The molecule has 0 aromatic heterocycles. The van der Waals surface area contributed by atoms with Gasteiger partial charge in [-0.2, -0.15) is 0 Å². The summed E-state index contributed by atoms with van der Waals surface area (Å²) in [6.45, 7) is 0.977. The van der Waals surface area contributed by atoms with Gasteiger partial charge in [0.05, 0.1) is 24.3 Å². The first kappa shape index (κ1) is 11.2. The lowest BCUT2D eigenvalue weighted by molar-refractivity contribution is -0.125. The molecule has 1 amide bonds. The molecular weight excluding hydrogens is 216 g/mol. The number of hydrogen-bond acceptors (Lipinski definition) is 3. The third-order valence-electron chi connectivity index (χ3n) is 3.57. The van der Waals surface area contributed by atoms with Crippen molar-refractivity contribution in [1.82, 2.24) is 10.6 Å². The highest BCUT2D eigenvalue weighted by Gasteiger charge is 2.42. The van der Waals surface area contributed by atoms with Crippen molar-refractivity contribution in [3.05, 3.63) is 0 Å². The summed E-state index contributed by atoms with van der Waals surface area (Å²) >= 11 is 0. The molecule has 2 N–H and O–H groups in total. The van der Waals surface area contributed by atoms with Crippen LogP contribution in [0.25, 0.3) is 0 Å². The van der Waals surface area contributed by atoms with Gasteiger partial charge in [-0.15, -0.1) is 12.4 Å². The molecule has 0 spiro atoms. The van der Waals surface area contributed by atoms with Crippen LogP contribution in [-0.4, -0.2) is 36.7 Å². The zero-order valence-electron chi connectivity index (χ0n) is 8.57. The second-order valence-electron chi connectivity index (χ2n) is 4.52. The Morgan fingerprint density at radius 2 is 2.13 bits per heavy atom. The highest BCUT2D eigenvalue weighted by molar-refractivity contribution is 5.85. The Hall–Kier alpha value is -0.320. The fourth-order valence-corrected chi connectivity index (χ4v) is 2.59. The van der Waals surface area contributed by atoms with E-state index >= 15 is 0 Å². The van der Waals surface area contributed by atoms with Crippen LogP contribution >= 0.6 is 12.4 Å². The lowest BCUT2D eigenvalue weighted by Gasteiger charge is -2.29. The Morgan fingerprint density at radius 1 is 1.33 bits per heavy atom. The zero-order valence-corrected chi connectivity index (χ0v) is 9.39. The van der Waals surface area contributed by atoms with Crippen molar-refractivity contribution in [1.29, 1.82) is 0 Å². The van der Waals surface area contributed by atoms with Crippen molar-refractivity contribution in [3.8, 4) is 0 Å². The maximum atomic E-state index is 11.6. The molecule has 15 heavy (non-hydrogen) atoms. The lowest BCUT2D eigenvalue weighted by atomic mass is 9.95. The lowest BCUT2D eigenvalue weighted by Crippen LogP contribution is -2.56. The summed E-state index contributed by atoms with van der Waals surface area (Å²) in [6, 6.07) is 0.345. The van der Waals surface area contributed by atoms with Crippen LogP contribution in [0.4, 0.5) is 0 Å². The zero-order chi connectivity index (χ0) is 9.54. The van der Waals surface area contributed by atoms with Crippen LogP contribution in [0.5, 0.6) is 0 Å². The molecule has 0 aliphatic carbocycles. The Balaban J connectivity index is 0.000000853. The average molecular weight is 233 g/mol. The predicted molar refractivity (Wildman–Crippen MR) is 58.1 cm³/mol. The van der Waals surface area contributed by atoms with Crippen molar-refractivity contribution >= 4 is 18.3 Å². The molecule has 0 saturated carbocycles. The van der Waals surface area contributed by atoms with Gasteiger partial charge in [0.1, 0.15) is 0 Å². The minimum absolute atomic E-state index is 0. The van der Waals surface area contributed by atoms with Gasteiger partial charge in [0.15, 0.2) is 0 Å². The van der Waals surface area contributed by atoms with Gasteiger partial charge in [-0.3, -0.25) is 4.79 Å². The van der Waals surface area contributed by atoms with Crippen molar-refractivity contribution in [2.75, 3.05) is 6.54 Å².